The molecule has 0 saturated carbocycles. The highest BCUT2D eigenvalue weighted by atomic mass is 16.5. The number of aliphatic hydroxyl groups is 1. The maximum atomic E-state index is 10.1. The zero-order chi connectivity index (χ0) is 14.6. The number of benzene rings is 2. The van der Waals surface area contributed by atoms with Gasteiger partial charge in [0.05, 0.1) is 0 Å². The van der Waals surface area contributed by atoms with Crippen LogP contribution >= 0.6 is 0 Å². The molecule has 0 saturated heterocycles. The van der Waals surface area contributed by atoms with Crippen LogP contribution in [-0.2, 0) is 5.41 Å². The lowest BCUT2D eigenvalue weighted by Gasteiger charge is -2.20. The second-order valence-electron chi connectivity index (χ2n) is 6.02. The molecule has 0 aliphatic rings. The van der Waals surface area contributed by atoms with Crippen LogP contribution in [0, 0.1) is 0 Å². The van der Waals surface area contributed by atoms with Crippen molar-refractivity contribution in [3.63, 3.8) is 0 Å². The summed E-state index contributed by atoms with van der Waals surface area (Å²) in [7, 11) is 0. The van der Waals surface area contributed by atoms with Gasteiger partial charge in [-0.25, -0.2) is 0 Å². The van der Waals surface area contributed by atoms with Crippen molar-refractivity contribution in [3.8, 4) is 5.75 Å². The van der Waals surface area contributed by atoms with E-state index in [-0.39, 0.29) is 12.0 Å². The molecule has 1 N–H and O–H groups in total. The van der Waals surface area contributed by atoms with Crippen LogP contribution in [0.4, 0.5) is 0 Å². The van der Waals surface area contributed by atoms with Crippen LogP contribution in [0.3, 0.4) is 0 Å². The van der Waals surface area contributed by atoms with Crippen molar-refractivity contribution in [1.82, 2.24) is 0 Å². The van der Waals surface area contributed by atoms with Crippen molar-refractivity contribution in [2.45, 2.75) is 32.3 Å². The Morgan fingerprint density at radius 1 is 1.00 bits per heavy atom. The molecule has 1 unspecified atom stereocenters. The molecule has 0 aromatic heterocycles. The Hall–Kier alpha value is -1.80. The van der Waals surface area contributed by atoms with Crippen molar-refractivity contribution in [3.05, 3.63) is 65.7 Å². The van der Waals surface area contributed by atoms with E-state index in [0.717, 1.165) is 11.3 Å². The van der Waals surface area contributed by atoms with E-state index in [0.29, 0.717) is 0 Å². The van der Waals surface area contributed by atoms with Gasteiger partial charge in [-0.2, -0.15) is 0 Å². The Bertz CT molecular complexity index is 541. The number of ether oxygens (including phenoxy) is 1. The van der Waals surface area contributed by atoms with E-state index in [2.05, 4.69) is 26.8 Å². The molecule has 2 heteroatoms. The van der Waals surface area contributed by atoms with Crippen LogP contribution < -0.4 is 4.74 Å². The van der Waals surface area contributed by atoms with Gasteiger partial charge in [-0.3, -0.25) is 0 Å². The Morgan fingerprint density at radius 3 is 2.35 bits per heavy atom. The first-order chi connectivity index (χ1) is 9.47. The summed E-state index contributed by atoms with van der Waals surface area (Å²) >= 11 is 0. The average molecular weight is 270 g/mol. The largest absolute Gasteiger partial charge is 0.491 e. The molecule has 2 rings (SSSR count). The van der Waals surface area contributed by atoms with Crippen LogP contribution in [-0.4, -0.2) is 11.7 Å². The summed E-state index contributed by atoms with van der Waals surface area (Å²) in [6, 6.07) is 17.6. The minimum atomic E-state index is -0.602. The molecule has 0 fully saturated rings. The first-order valence-corrected chi connectivity index (χ1v) is 6.93. The Morgan fingerprint density at radius 2 is 1.70 bits per heavy atom. The predicted molar refractivity (Wildman–Crippen MR) is 82.0 cm³/mol. The van der Waals surface area contributed by atoms with Crippen LogP contribution in [0.25, 0.3) is 0 Å². The maximum Gasteiger partial charge on any atom is 0.119 e. The topological polar surface area (TPSA) is 29.5 Å². The van der Waals surface area contributed by atoms with Crippen LogP contribution in [0.5, 0.6) is 5.75 Å². The molecule has 0 amide bonds. The number of hydrogen-bond donors (Lipinski definition) is 1. The lowest BCUT2D eigenvalue weighted by Crippen LogP contribution is -2.12. The molecule has 0 heterocycles. The summed E-state index contributed by atoms with van der Waals surface area (Å²) < 4.78 is 5.71. The third-order valence-electron chi connectivity index (χ3n) is 3.29. The number of rotatable bonds is 4. The fourth-order valence-electron chi connectivity index (χ4n) is 2.00. The molecule has 106 valence electrons. The molecule has 1 atom stereocenters. The standard InChI is InChI=1S/C18H22O2/c1-18(2,3)15-10-7-11-16(12-15)20-13-17(19)14-8-5-4-6-9-14/h4-12,17,19H,13H2,1-3H3. The SMILES string of the molecule is CC(C)(C)c1cccc(OCC(O)c2ccccc2)c1. The fraction of sp³-hybridized carbons (Fsp3) is 0.333. The zero-order valence-electron chi connectivity index (χ0n) is 12.3. The van der Waals surface area contributed by atoms with E-state index in [1.807, 2.05) is 48.5 Å². The monoisotopic (exact) mass is 270 g/mol. The summed E-state index contributed by atoms with van der Waals surface area (Å²) in [5.74, 6) is 0.799. The molecule has 2 aromatic carbocycles. The second kappa shape index (κ2) is 6.10. The lowest BCUT2D eigenvalue weighted by molar-refractivity contribution is 0.108. The molecule has 0 aliphatic heterocycles. The van der Waals surface area contributed by atoms with Gasteiger partial charge in [0.15, 0.2) is 0 Å². The van der Waals surface area contributed by atoms with Crippen molar-refractivity contribution in [1.29, 1.82) is 0 Å². The van der Waals surface area contributed by atoms with Crippen molar-refractivity contribution >= 4 is 0 Å². The molecule has 0 radical (unpaired) electrons. The summed E-state index contributed by atoms with van der Waals surface area (Å²) in [5, 5.41) is 10.1. The molecule has 0 spiro atoms. The second-order valence-corrected chi connectivity index (χ2v) is 6.02. The van der Waals surface area contributed by atoms with Gasteiger partial charge in [-0.1, -0.05) is 63.2 Å². The van der Waals surface area contributed by atoms with Gasteiger partial charge in [0.25, 0.3) is 0 Å². The quantitative estimate of drug-likeness (QED) is 0.906. The lowest BCUT2D eigenvalue weighted by atomic mass is 9.87. The summed E-state index contributed by atoms with van der Waals surface area (Å²) in [5.41, 5.74) is 2.20. The highest BCUT2D eigenvalue weighted by molar-refractivity contribution is 5.32. The first-order valence-electron chi connectivity index (χ1n) is 6.93. The molecule has 2 nitrogen and oxygen atoms in total. The Labute approximate surface area is 121 Å². The van der Waals surface area contributed by atoms with Gasteiger partial charge in [0, 0.05) is 0 Å². The van der Waals surface area contributed by atoms with Gasteiger partial charge in [-0.15, -0.1) is 0 Å². The third kappa shape index (κ3) is 3.84. The molecule has 20 heavy (non-hydrogen) atoms. The molecule has 0 aliphatic carbocycles. The van der Waals surface area contributed by atoms with Gasteiger partial charge in [-0.05, 0) is 28.7 Å². The zero-order valence-corrected chi connectivity index (χ0v) is 12.3. The number of aliphatic hydroxyl groups excluding tert-OH is 1. The van der Waals surface area contributed by atoms with Crippen molar-refractivity contribution < 1.29 is 9.84 Å². The van der Waals surface area contributed by atoms with Crippen LogP contribution in [0.15, 0.2) is 54.6 Å². The van der Waals surface area contributed by atoms with Crippen molar-refractivity contribution in [2.24, 2.45) is 0 Å². The minimum absolute atomic E-state index is 0.0947. The summed E-state index contributed by atoms with van der Waals surface area (Å²) in [4.78, 5) is 0. The molecule has 2 aromatic rings. The predicted octanol–water partition coefficient (Wildman–Crippen LogP) is 4.10. The van der Waals surface area contributed by atoms with E-state index in [1.54, 1.807) is 0 Å². The van der Waals surface area contributed by atoms with Crippen LogP contribution in [0.2, 0.25) is 0 Å². The van der Waals surface area contributed by atoms with Crippen molar-refractivity contribution in [2.75, 3.05) is 6.61 Å². The maximum absolute atomic E-state index is 10.1. The van der Waals surface area contributed by atoms with E-state index in [9.17, 15) is 5.11 Å². The van der Waals surface area contributed by atoms with E-state index in [1.165, 1.54) is 5.56 Å². The Kier molecular flexibility index (Phi) is 4.46. The number of hydrogen-bond acceptors (Lipinski definition) is 2. The van der Waals surface area contributed by atoms with E-state index < -0.39 is 6.10 Å². The molecule has 0 bridgehead atoms. The minimum Gasteiger partial charge on any atom is -0.491 e. The fourth-order valence-corrected chi connectivity index (χ4v) is 2.00. The summed E-state index contributed by atoms with van der Waals surface area (Å²) in [6.07, 6.45) is -0.602. The molecular weight excluding hydrogens is 248 g/mol. The van der Waals surface area contributed by atoms with Gasteiger partial charge < -0.3 is 9.84 Å². The van der Waals surface area contributed by atoms with Gasteiger partial charge >= 0.3 is 0 Å². The third-order valence-corrected chi connectivity index (χ3v) is 3.29. The van der Waals surface area contributed by atoms with Gasteiger partial charge in [0.1, 0.15) is 18.5 Å². The van der Waals surface area contributed by atoms with Gasteiger partial charge in [0.2, 0.25) is 0 Å². The summed E-state index contributed by atoms with van der Waals surface area (Å²) in [6.45, 7) is 6.78. The van der Waals surface area contributed by atoms with E-state index >= 15 is 0 Å². The van der Waals surface area contributed by atoms with Crippen LogP contribution in [0.1, 0.15) is 38.0 Å². The highest BCUT2D eigenvalue weighted by Crippen LogP contribution is 2.26. The Balaban J connectivity index is 2.01. The first kappa shape index (κ1) is 14.6. The molecular formula is C18H22O2. The smallest absolute Gasteiger partial charge is 0.119 e. The average Bonchev–Trinajstić information content (AvgIpc) is 2.45. The van der Waals surface area contributed by atoms with E-state index in [4.69, 9.17) is 4.74 Å². The highest BCUT2D eigenvalue weighted by Gasteiger charge is 2.14. The normalized spacial score (nSPS) is 13.0.